The van der Waals surface area contributed by atoms with Gasteiger partial charge in [-0.05, 0) is 12.8 Å². The summed E-state index contributed by atoms with van der Waals surface area (Å²) in [7, 11) is 2.19. The average Bonchev–Trinajstić information content (AvgIpc) is 3.10. The van der Waals surface area contributed by atoms with E-state index in [1.807, 2.05) is 0 Å². The number of rotatable bonds is 19. The number of hydrogen-bond acceptors (Lipinski definition) is 0. The van der Waals surface area contributed by atoms with Gasteiger partial charge in [0.1, 0.15) is 12.4 Å². The fraction of sp³-hybridized carbons (Fsp3) is 0.880. The third-order valence-electron chi connectivity index (χ3n) is 6.11. The lowest BCUT2D eigenvalue weighted by molar-refractivity contribution is -0.679. The molecule has 0 aliphatic rings. The van der Waals surface area contributed by atoms with Crippen molar-refractivity contribution >= 4 is 0 Å². The van der Waals surface area contributed by atoms with Gasteiger partial charge in [-0.3, -0.25) is 0 Å². The second-order valence-electron chi connectivity index (χ2n) is 8.68. The third-order valence-corrected chi connectivity index (χ3v) is 6.11. The zero-order valence-corrected chi connectivity index (χ0v) is 18.9. The van der Waals surface area contributed by atoms with Crippen LogP contribution in [0.4, 0.5) is 0 Å². The minimum absolute atomic E-state index is 0.727. The normalized spacial score (nSPS) is 12.6. The van der Waals surface area contributed by atoms with E-state index in [0.717, 1.165) is 5.92 Å². The van der Waals surface area contributed by atoms with E-state index in [2.05, 4.69) is 42.8 Å². The molecule has 1 atom stereocenters. The highest BCUT2D eigenvalue weighted by molar-refractivity contribution is 4.89. The van der Waals surface area contributed by atoms with E-state index >= 15 is 0 Å². The Balaban J connectivity index is 2.07. The van der Waals surface area contributed by atoms with Gasteiger partial charge >= 0.3 is 0 Å². The third kappa shape index (κ3) is 12.3. The first kappa shape index (κ1) is 24.2. The molecule has 1 heterocycles. The van der Waals surface area contributed by atoms with E-state index in [9.17, 15) is 0 Å². The lowest BCUT2D eigenvalue weighted by atomic mass is 9.93. The summed E-state index contributed by atoms with van der Waals surface area (Å²) in [6, 6.07) is 0. The van der Waals surface area contributed by atoms with E-state index in [1.165, 1.54) is 121 Å². The van der Waals surface area contributed by atoms with Crippen LogP contribution < -0.4 is 4.57 Å². The van der Waals surface area contributed by atoms with Crippen molar-refractivity contribution in [3.8, 4) is 0 Å². The summed E-state index contributed by atoms with van der Waals surface area (Å²) in [4.78, 5) is 3.50. The summed E-state index contributed by atoms with van der Waals surface area (Å²) in [6.07, 6.45) is 29.7. The molecule has 158 valence electrons. The van der Waals surface area contributed by atoms with Crippen molar-refractivity contribution in [3.05, 3.63) is 18.2 Å². The molecule has 0 saturated heterocycles. The SMILES string of the molecule is CCCCCCCCCCCCCC[C@H](CCCCCC)c1[nH]cc[n+]1C. The van der Waals surface area contributed by atoms with E-state index in [0.29, 0.717) is 0 Å². The quantitative estimate of drug-likeness (QED) is 0.186. The van der Waals surface area contributed by atoms with E-state index in [1.54, 1.807) is 0 Å². The molecule has 27 heavy (non-hydrogen) atoms. The number of unbranched alkanes of at least 4 members (excludes halogenated alkanes) is 14. The summed E-state index contributed by atoms with van der Waals surface area (Å²) in [5.41, 5.74) is 0. The maximum atomic E-state index is 3.50. The molecular weight excluding hydrogens is 328 g/mol. The largest absolute Gasteiger partial charge is 0.257 e. The highest BCUT2D eigenvalue weighted by Crippen LogP contribution is 2.25. The summed E-state index contributed by atoms with van der Waals surface area (Å²) >= 11 is 0. The van der Waals surface area contributed by atoms with Gasteiger partial charge in [-0.25, -0.2) is 9.55 Å². The van der Waals surface area contributed by atoms with Gasteiger partial charge in [0.05, 0.1) is 13.0 Å². The maximum absolute atomic E-state index is 3.50. The molecule has 0 amide bonds. The van der Waals surface area contributed by atoms with Crippen molar-refractivity contribution in [3.63, 3.8) is 0 Å². The Hall–Kier alpha value is -0.790. The van der Waals surface area contributed by atoms with Crippen molar-refractivity contribution in [1.29, 1.82) is 0 Å². The van der Waals surface area contributed by atoms with Crippen LogP contribution in [0.3, 0.4) is 0 Å². The van der Waals surface area contributed by atoms with E-state index in [4.69, 9.17) is 0 Å². The summed E-state index contributed by atoms with van der Waals surface area (Å²) in [5, 5.41) is 0. The minimum atomic E-state index is 0.727. The van der Waals surface area contributed by atoms with Crippen LogP contribution in [-0.2, 0) is 7.05 Å². The zero-order chi connectivity index (χ0) is 19.6. The van der Waals surface area contributed by atoms with Gasteiger partial charge in [0.15, 0.2) is 0 Å². The molecule has 0 aliphatic carbocycles. The molecule has 2 heteroatoms. The number of hydrogen-bond donors (Lipinski definition) is 1. The number of nitrogens with one attached hydrogen (secondary N) is 1. The predicted molar refractivity (Wildman–Crippen MR) is 119 cm³/mol. The molecule has 1 aromatic rings. The molecule has 1 aromatic heterocycles. The highest BCUT2D eigenvalue weighted by atomic mass is 15.0. The first-order valence-corrected chi connectivity index (χ1v) is 12.3. The first-order valence-electron chi connectivity index (χ1n) is 12.3. The van der Waals surface area contributed by atoms with Crippen LogP contribution in [-0.4, -0.2) is 4.98 Å². The second-order valence-corrected chi connectivity index (χ2v) is 8.68. The van der Waals surface area contributed by atoms with Crippen molar-refractivity contribution in [2.45, 2.75) is 135 Å². The Kier molecular flexibility index (Phi) is 15.6. The molecule has 1 N–H and O–H groups in total. The Labute approximate surface area is 170 Å². The van der Waals surface area contributed by atoms with Gasteiger partial charge in [0.25, 0.3) is 5.82 Å². The summed E-state index contributed by atoms with van der Waals surface area (Å²) in [5.74, 6) is 2.17. The van der Waals surface area contributed by atoms with Gasteiger partial charge < -0.3 is 0 Å². The highest BCUT2D eigenvalue weighted by Gasteiger charge is 2.20. The van der Waals surface area contributed by atoms with Crippen molar-refractivity contribution in [1.82, 2.24) is 4.98 Å². The molecule has 0 saturated carbocycles. The van der Waals surface area contributed by atoms with Crippen LogP contribution >= 0.6 is 0 Å². The van der Waals surface area contributed by atoms with E-state index < -0.39 is 0 Å². The Morgan fingerprint density at radius 2 is 1.07 bits per heavy atom. The van der Waals surface area contributed by atoms with Crippen LogP contribution in [0.1, 0.15) is 141 Å². The molecule has 0 unspecified atom stereocenters. The van der Waals surface area contributed by atoms with Gasteiger partial charge in [-0.2, -0.15) is 0 Å². The fourth-order valence-electron chi connectivity index (χ4n) is 4.29. The van der Waals surface area contributed by atoms with Gasteiger partial charge in [0.2, 0.25) is 0 Å². The standard InChI is InChI=1S/C25H48N2/c1-4-6-8-10-11-12-13-14-15-16-17-19-21-24(20-18-9-7-5-2)25-26-22-23-27(25)3/h22-24H,4-21H2,1-3H3/p+1/t24-/m0/s1. The topological polar surface area (TPSA) is 19.7 Å². The number of aromatic nitrogens is 2. The number of aromatic amines is 1. The number of H-pyrrole nitrogens is 1. The van der Waals surface area contributed by atoms with Gasteiger partial charge in [-0.1, -0.05) is 117 Å². The minimum Gasteiger partial charge on any atom is -0.247 e. The zero-order valence-electron chi connectivity index (χ0n) is 18.9. The molecule has 0 spiro atoms. The van der Waals surface area contributed by atoms with Crippen molar-refractivity contribution in [2.24, 2.45) is 7.05 Å². The van der Waals surface area contributed by atoms with Gasteiger partial charge in [0, 0.05) is 0 Å². The van der Waals surface area contributed by atoms with Crippen molar-refractivity contribution in [2.75, 3.05) is 0 Å². The predicted octanol–water partition coefficient (Wildman–Crippen LogP) is 7.98. The smallest absolute Gasteiger partial charge is 0.247 e. The molecule has 0 bridgehead atoms. The van der Waals surface area contributed by atoms with Crippen LogP contribution in [0.5, 0.6) is 0 Å². The summed E-state index contributed by atoms with van der Waals surface area (Å²) < 4.78 is 2.30. The second kappa shape index (κ2) is 17.3. The molecule has 0 radical (unpaired) electrons. The van der Waals surface area contributed by atoms with Crippen LogP contribution in [0.15, 0.2) is 12.4 Å². The molecule has 0 aliphatic heterocycles. The lowest BCUT2D eigenvalue weighted by Gasteiger charge is -2.13. The fourth-order valence-corrected chi connectivity index (χ4v) is 4.29. The number of nitrogens with zero attached hydrogens (tertiary/aromatic N) is 1. The maximum Gasteiger partial charge on any atom is 0.257 e. The Morgan fingerprint density at radius 1 is 0.667 bits per heavy atom. The van der Waals surface area contributed by atoms with Crippen LogP contribution in [0.25, 0.3) is 0 Å². The molecule has 2 nitrogen and oxygen atoms in total. The average molecular weight is 378 g/mol. The van der Waals surface area contributed by atoms with Gasteiger partial charge in [-0.15, -0.1) is 0 Å². The van der Waals surface area contributed by atoms with E-state index in [-0.39, 0.29) is 0 Å². The Bertz CT molecular complexity index is 424. The summed E-state index contributed by atoms with van der Waals surface area (Å²) in [6.45, 7) is 4.60. The number of imidazole rings is 1. The molecule has 0 aromatic carbocycles. The first-order chi connectivity index (χ1) is 13.3. The van der Waals surface area contributed by atoms with Crippen molar-refractivity contribution < 1.29 is 4.57 Å². The monoisotopic (exact) mass is 377 g/mol. The molecule has 0 fully saturated rings. The number of aryl methyl sites for hydroxylation is 1. The van der Waals surface area contributed by atoms with Crippen LogP contribution in [0.2, 0.25) is 0 Å². The Morgan fingerprint density at radius 3 is 1.48 bits per heavy atom. The van der Waals surface area contributed by atoms with Crippen LogP contribution in [0, 0.1) is 0 Å². The lowest BCUT2D eigenvalue weighted by Crippen LogP contribution is -2.32. The molecular formula is C25H49N2+. The molecule has 1 rings (SSSR count).